The van der Waals surface area contributed by atoms with Gasteiger partial charge in [0.2, 0.25) is 0 Å². The molecule has 1 fully saturated rings. The molecule has 0 aliphatic carbocycles. The van der Waals surface area contributed by atoms with E-state index in [0.717, 1.165) is 57.8 Å². The van der Waals surface area contributed by atoms with Crippen molar-refractivity contribution in [2.75, 3.05) is 19.0 Å². The third-order valence-electron chi connectivity index (χ3n) is 10.4. The summed E-state index contributed by atoms with van der Waals surface area (Å²) < 4.78 is 54.0. The first-order valence-electron chi connectivity index (χ1n) is 22.5. The zero-order chi connectivity index (χ0) is 42.0. The van der Waals surface area contributed by atoms with E-state index in [0.29, 0.717) is 12.8 Å². The van der Waals surface area contributed by atoms with Crippen LogP contribution in [-0.2, 0) is 38.7 Å². The number of aliphatic hydroxyl groups excluding tert-OH is 3. The number of unbranched alkanes of at least 4 members (excludes halogenated alkanes) is 23. The van der Waals surface area contributed by atoms with Crippen LogP contribution in [0, 0.1) is 0 Å². The molecule has 1 aliphatic heterocycles. The van der Waals surface area contributed by atoms with Gasteiger partial charge in [0, 0.05) is 12.8 Å². The molecule has 0 radical (unpaired) electrons. The third-order valence-corrected chi connectivity index (χ3v) is 11.1. The normalized spacial score (nSPS) is 20.1. The van der Waals surface area contributed by atoms with Crippen LogP contribution in [0.1, 0.15) is 194 Å². The maximum atomic E-state index is 12.8. The Labute approximate surface area is 345 Å². The first-order valence-corrected chi connectivity index (χ1v) is 24.1. The monoisotopic (exact) mass is 833 g/mol. The number of ether oxygens (including phenoxy) is 4. The minimum atomic E-state index is -4.60. The Morgan fingerprint density at radius 3 is 1.53 bits per heavy atom. The van der Waals surface area contributed by atoms with E-state index in [1.54, 1.807) is 0 Å². The molecule has 12 nitrogen and oxygen atoms in total. The minimum absolute atomic E-state index is 0.147. The van der Waals surface area contributed by atoms with Gasteiger partial charge in [0.15, 0.2) is 12.4 Å². The van der Waals surface area contributed by atoms with Crippen molar-refractivity contribution in [3.05, 3.63) is 17.9 Å². The third kappa shape index (κ3) is 29.9. The van der Waals surface area contributed by atoms with Gasteiger partial charge in [0.05, 0.1) is 6.61 Å². The van der Waals surface area contributed by atoms with E-state index in [1.165, 1.54) is 96.3 Å². The van der Waals surface area contributed by atoms with Crippen LogP contribution in [0.2, 0.25) is 0 Å². The van der Waals surface area contributed by atoms with Gasteiger partial charge in [-0.2, -0.15) is 8.42 Å². The van der Waals surface area contributed by atoms with Gasteiger partial charge in [-0.05, 0) is 50.7 Å². The van der Waals surface area contributed by atoms with Gasteiger partial charge in [-0.25, -0.2) is 0 Å². The van der Waals surface area contributed by atoms with Crippen LogP contribution >= 0.6 is 0 Å². The van der Waals surface area contributed by atoms with Crippen molar-refractivity contribution in [2.45, 2.75) is 230 Å². The van der Waals surface area contributed by atoms with E-state index in [4.69, 9.17) is 18.9 Å². The fraction of sp³-hybridized carbons (Fsp3) is 0.886. The Balaban J connectivity index is 2.47. The number of rotatable bonds is 37. The summed E-state index contributed by atoms with van der Waals surface area (Å²) in [5.41, 5.74) is 3.28. The van der Waals surface area contributed by atoms with Crippen molar-refractivity contribution >= 4 is 22.1 Å². The summed E-state index contributed by atoms with van der Waals surface area (Å²) in [7, 11) is -4.60. The topological polar surface area (TPSA) is 186 Å². The summed E-state index contributed by atoms with van der Waals surface area (Å²) in [4.78, 5) is 25.4. The molecular formula is C44H80O12S. The van der Waals surface area contributed by atoms with Crippen LogP contribution in [0.5, 0.6) is 0 Å². The smallest absolute Gasteiger partial charge is 0.306 e. The van der Waals surface area contributed by atoms with Crippen LogP contribution in [-0.4, -0.2) is 96.0 Å². The predicted octanol–water partition coefficient (Wildman–Crippen LogP) is 8.83. The molecule has 0 aromatic rings. The highest BCUT2D eigenvalue weighted by molar-refractivity contribution is 7.85. The zero-order valence-electron chi connectivity index (χ0n) is 35.5. The predicted molar refractivity (Wildman–Crippen MR) is 223 cm³/mol. The molecule has 4 N–H and O–H groups in total. The quantitative estimate of drug-likeness (QED) is 0.0202. The van der Waals surface area contributed by atoms with Gasteiger partial charge in [-0.15, -0.1) is 5.73 Å². The summed E-state index contributed by atoms with van der Waals surface area (Å²) in [6.07, 6.45) is 24.6. The van der Waals surface area contributed by atoms with Crippen molar-refractivity contribution in [3.63, 3.8) is 0 Å². The Hall–Kier alpha value is -1.83. The second kappa shape index (κ2) is 35.0. The SMILES string of the molecule is CCCCCCCC=C=CCCCCCCCC(=O)O[C@H](COC(=O)CCCCCCCCCCCCCCCC)CO[C@H]1O[C@H](CS(=O)(=O)O)[C@@H](O)C(O)C1O. The number of aliphatic hydroxyl groups is 3. The number of hydrogen-bond donors (Lipinski definition) is 4. The van der Waals surface area contributed by atoms with E-state index in [1.807, 2.05) is 0 Å². The molecule has 1 saturated heterocycles. The second-order valence-electron chi connectivity index (χ2n) is 15.8. The molecule has 1 rings (SSSR count). The second-order valence-corrected chi connectivity index (χ2v) is 17.3. The molecule has 0 amide bonds. The van der Waals surface area contributed by atoms with Gasteiger partial charge >= 0.3 is 11.9 Å². The zero-order valence-corrected chi connectivity index (χ0v) is 36.3. The molecule has 57 heavy (non-hydrogen) atoms. The number of allylic oxidation sites excluding steroid dienone is 1. The van der Waals surface area contributed by atoms with Gasteiger partial charge in [-0.1, -0.05) is 142 Å². The molecule has 2 unspecified atom stereocenters. The highest BCUT2D eigenvalue weighted by Crippen LogP contribution is 2.24. The first kappa shape index (κ1) is 53.2. The number of esters is 2. The summed E-state index contributed by atoms with van der Waals surface area (Å²) in [5.74, 6) is -2.00. The van der Waals surface area contributed by atoms with Crippen LogP contribution < -0.4 is 0 Å². The molecular weight excluding hydrogens is 753 g/mol. The lowest BCUT2D eigenvalue weighted by Gasteiger charge is -2.40. The van der Waals surface area contributed by atoms with Crippen LogP contribution in [0.15, 0.2) is 17.9 Å². The number of carbonyl (C=O) groups is 2. The maximum Gasteiger partial charge on any atom is 0.306 e. The van der Waals surface area contributed by atoms with Crippen molar-refractivity contribution < 1.29 is 56.8 Å². The Morgan fingerprint density at radius 1 is 0.614 bits per heavy atom. The Kier molecular flexibility index (Phi) is 32.6. The van der Waals surface area contributed by atoms with Crippen molar-refractivity contribution in [1.82, 2.24) is 0 Å². The van der Waals surface area contributed by atoms with Gasteiger partial charge in [0.1, 0.15) is 36.8 Å². The molecule has 1 aliphatic rings. The van der Waals surface area contributed by atoms with Gasteiger partial charge in [0.25, 0.3) is 10.1 Å². The Morgan fingerprint density at radius 2 is 1.05 bits per heavy atom. The number of hydrogen-bond acceptors (Lipinski definition) is 11. The average Bonchev–Trinajstić information content (AvgIpc) is 3.17. The molecule has 0 bridgehead atoms. The molecule has 0 saturated carbocycles. The fourth-order valence-electron chi connectivity index (χ4n) is 6.83. The molecule has 13 heteroatoms. The van der Waals surface area contributed by atoms with Crippen molar-refractivity contribution in [2.24, 2.45) is 0 Å². The lowest BCUT2D eigenvalue weighted by atomic mass is 10.00. The summed E-state index contributed by atoms with van der Waals surface area (Å²) >= 11 is 0. The van der Waals surface area contributed by atoms with Crippen LogP contribution in [0.25, 0.3) is 0 Å². The van der Waals surface area contributed by atoms with E-state index in [2.05, 4.69) is 31.7 Å². The summed E-state index contributed by atoms with van der Waals surface area (Å²) in [6, 6.07) is 0. The largest absolute Gasteiger partial charge is 0.462 e. The molecule has 334 valence electrons. The number of carbonyl (C=O) groups excluding carboxylic acids is 2. The van der Waals surface area contributed by atoms with Crippen molar-refractivity contribution in [3.8, 4) is 0 Å². The maximum absolute atomic E-state index is 12.8. The summed E-state index contributed by atoms with van der Waals surface area (Å²) in [5, 5.41) is 30.8. The fourth-order valence-corrected chi connectivity index (χ4v) is 7.52. The Bertz CT molecular complexity index is 1170. The highest BCUT2D eigenvalue weighted by atomic mass is 32.2. The van der Waals surface area contributed by atoms with E-state index in [9.17, 15) is 37.9 Å². The van der Waals surface area contributed by atoms with Crippen LogP contribution in [0.3, 0.4) is 0 Å². The van der Waals surface area contributed by atoms with Crippen molar-refractivity contribution in [1.29, 1.82) is 0 Å². The lowest BCUT2D eigenvalue weighted by molar-refractivity contribution is -0.297. The van der Waals surface area contributed by atoms with E-state index in [-0.39, 0.29) is 19.4 Å². The molecule has 6 atom stereocenters. The molecule has 1 heterocycles. The summed E-state index contributed by atoms with van der Waals surface area (Å²) in [6.45, 7) is 3.73. The average molecular weight is 833 g/mol. The highest BCUT2D eigenvalue weighted by Gasteiger charge is 2.46. The molecule has 0 spiro atoms. The van der Waals surface area contributed by atoms with Gasteiger partial charge in [-0.3, -0.25) is 14.1 Å². The molecule has 0 aromatic heterocycles. The van der Waals surface area contributed by atoms with Gasteiger partial charge < -0.3 is 34.3 Å². The van der Waals surface area contributed by atoms with Crippen LogP contribution in [0.4, 0.5) is 0 Å². The lowest BCUT2D eigenvalue weighted by Crippen LogP contribution is -2.60. The first-order chi connectivity index (χ1) is 27.5. The van der Waals surface area contributed by atoms with E-state index < -0.39 is 71.2 Å². The minimum Gasteiger partial charge on any atom is -0.462 e. The standard InChI is InChI=1S/C44H80O12S/c1-3-5-7-9-11-13-15-17-19-21-23-25-27-29-31-33-40(46)55-37(35-54-44-43(49)42(48)41(47)38(56-44)36-57(50,51)52)34-53-39(45)32-30-28-26-24-22-20-18-16-14-12-10-8-6-4-2/h15,19,37-38,41-44,47-49H,3-14,16,18,20-36H2,1-2H3,(H,50,51,52)/t17?,37-,38-,41-,42?,43?,44+/m1/s1. The molecule has 0 aromatic carbocycles. The van der Waals surface area contributed by atoms with E-state index >= 15 is 0 Å².